The minimum atomic E-state index is 0.615. The van der Waals surface area contributed by atoms with Gasteiger partial charge in [0.1, 0.15) is 0 Å². The van der Waals surface area contributed by atoms with Gasteiger partial charge in [-0.25, -0.2) is 0 Å². The summed E-state index contributed by atoms with van der Waals surface area (Å²) in [6.45, 7) is 8.74. The van der Waals surface area contributed by atoms with Gasteiger partial charge in [-0.1, -0.05) is 0 Å². The Morgan fingerprint density at radius 1 is 1.23 bits per heavy atom. The topological polar surface area (TPSA) is 58.1 Å². The zero-order chi connectivity index (χ0) is 18.8. The van der Waals surface area contributed by atoms with Gasteiger partial charge >= 0.3 is 0 Å². The van der Waals surface area contributed by atoms with Crippen molar-refractivity contribution in [3.8, 4) is 11.5 Å². The van der Waals surface area contributed by atoms with Gasteiger partial charge in [0.2, 0.25) is 0 Å². The maximum atomic E-state index is 5.57. The fraction of sp³-hybridized carbons (Fsp3) is 0.650. The van der Waals surface area contributed by atoms with E-state index in [0.717, 1.165) is 48.6 Å². The summed E-state index contributed by atoms with van der Waals surface area (Å²) in [5.41, 5.74) is 0.935. The molecule has 6 nitrogen and oxygen atoms in total. The fourth-order valence-corrected chi connectivity index (χ4v) is 3.17. The number of rotatable bonds is 8. The van der Waals surface area contributed by atoms with Gasteiger partial charge in [0, 0.05) is 24.8 Å². The molecule has 26 heavy (non-hydrogen) atoms. The van der Waals surface area contributed by atoms with Crippen LogP contribution in [0.4, 0.5) is 5.69 Å². The van der Waals surface area contributed by atoms with Crippen LogP contribution in [0.3, 0.4) is 0 Å². The van der Waals surface area contributed by atoms with Crippen molar-refractivity contribution >= 4 is 11.6 Å². The first-order chi connectivity index (χ1) is 12.7. The number of piperidine rings is 1. The zero-order valence-electron chi connectivity index (χ0n) is 16.7. The number of aliphatic imine (C=N–C) groups is 1. The maximum absolute atomic E-state index is 5.57. The summed E-state index contributed by atoms with van der Waals surface area (Å²) in [4.78, 5) is 7.15. The average Bonchev–Trinajstić information content (AvgIpc) is 2.65. The lowest BCUT2D eigenvalue weighted by molar-refractivity contribution is 0.214. The van der Waals surface area contributed by atoms with Crippen molar-refractivity contribution < 1.29 is 9.47 Å². The number of methoxy groups -OCH3 is 1. The van der Waals surface area contributed by atoms with Crippen molar-refractivity contribution in [2.45, 2.75) is 33.1 Å². The molecule has 1 fully saturated rings. The van der Waals surface area contributed by atoms with Gasteiger partial charge in [0.15, 0.2) is 17.5 Å². The molecule has 0 radical (unpaired) electrons. The molecule has 1 aromatic rings. The van der Waals surface area contributed by atoms with Crippen molar-refractivity contribution in [3.63, 3.8) is 0 Å². The number of hydrogen-bond donors (Lipinski definition) is 2. The Morgan fingerprint density at radius 3 is 2.65 bits per heavy atom. The molecule has 0 saturated carbocycles. The number of hydrogen-bond acceptors (Lipinski definition) is 4. The van der Waals surface area contributed by atoms with E-state index < -0.39 is 0 Å². The largest absolute Gasteiger partial charge is 0.493 e. The highest BCUT2D eigenvalue weighted by atomic mass is 16.5. The molecule has 0 aromatic heterocycles. The predicted molar refractivity (Wildman–Crippen MR) is 109 cm³/mol. The molecular weight excluding hydrogens is 328 g/mol. The fourth-order valence-electron chi connectivity index (χ4n) is 3.17. The van der Waals surface area contributed by atoms with Gasteiger partial charge in [0.25, 0.3) is 0 Å². The summed E-state index contributed by atoms with van der Waals surface area (Å²) in [5.74, 6) is 3.08. The second-order valence-electron chi connectivity index (χ2n) is 6.72. The van der Waals surface area contributed by atoms with E-state index in [1.54, 1.807) is 7.11 Å². The first-order valence-corrected chi connectivity index (χ1v) is 9.71. The number of benzene rings is 1. The summed E-state index contributed by atoms with van der Waals surface area (Å²) in [6, 6.07) is 5.85. The standard InChI is InChI=1S/C20H34N4O2/c1-5-21-20(22-12-9-16-10-13-24(3)14-11-16)23-17-7-8-18(26-6-2)19(15-17)25-4/h7-8,15-16H,5-6,9-14H2,1-4H3,(H2,21,22,23). The van der Waals surface area contributed by atoms with E-state index in [9.17, 15) is 0 Å². The van der Waals surface area contributed by atoms with E-state index in [0.29, 0.717) is 6.61 Å². The normalized spacial score (nSPS) is 16.4. The molecular formula is C20H34N4O2. The third kappa shape index (κ3) is 6.41. The van der Waals surface area contributed by atoms with E-state index in [4.69, 9.17) is 14.5 Å². The van der Waals surface area contributed by atoms with Crippen molar-refractivity contribution in [2.24, 2.45) is 10.9 Å². The summed E-state index contributed by atoms with van der Waals surface area (Å²) in [6.07, 6.45) is 3.72. The van der Waals surface area contributed by atoms with Crippen molar-refractivity contribution in [1.29, 1.82) is 0 Å². The lowest BCUT2D eigenvalue weighted by atomic mass is 9.94. The summed E-state index contributed by atoms with van der Waals surface area (Å²) < 4.78 is 11.0. The first kappa shape index (κ1) is 20.4. The lowest BCUT2D eigenvalue weighted by Gasteiger charge is -2.28. The van der Waals surface area contributed by atoms with E-state index >= 15 is 0 Å². The van der Waals surface area contributed by atoms with Gasteiger partial charge in [-0.15, -0.1) is 0 Å². The second-order valence-corrected chi connectivity index (χ2v) is 6.72. The molecule has 0 bridgehead atoms. The average molecular weight is 363 g/mol. The molecule has 0 unspecified atom stereocenters. The van der Waals surface area contributed by atoms with Crippen molar-refractivity contribution in [3.05, 3.63) is 18.2 Å². The molecule has 1 aliphatic rings. The van der Waals surface area contributed by atoms with E-state index in [-0.39, 0.29) is 0 Å². The quantitative estimate of drug-likeness (QED) is 0.549. The molecule has 6 heteroatoms. The smallest absolute Gasteiger partial charge is 0.195 e. The molecule has 0 atom stereocenters. The molecule has 2 N–H and O–H groups in total. The Kier molecular flexibility index (Phi) is 8.54. The highest BCUT2D eigenvalue weighted by Crippen LogP contribution is 2.30. The van der Waals surface area contributed by atoms with Crippen LogP contribution in [0.15, 0.2) is 23.2 Å². The summed E-state index contributed by atoms with van der Waals surface area (Å²) in [7, 11) is 3.86. The van der Waals surface area contributed by atoms with Crippen LogP contribution in [0, 0.1) is 5.92 Å². The number of nitrogens with one attached hydrogen (secondary N) is 2. The van der Waals surface area contributed by atoms with E-state index in [2.05, 4.69) is 29.5 Å². The van der Waals surface area contributed by atoms with Crippen LogP contribution in [-0.2, 0) is 0 Å². The Hall–Kier alpha value is -1.95. The molecule has 0 spiro atoms. The Labute approximate surface area is 158 Å². The van der Waals surface area contributed by atoms with Crippen LogP contribution in [0.25, 0.3) is 0 Å². The van der Waals surface area contributed by atoms with Crippen LogP contribution in [-0.4, -0.2) is 57.8 Å². The Balaban J connectivity index is 1.94. The Bertz CT molecular complexity index is 569. The minimum Gasteiger partial charge on any atom is -0.493 e. The van der Waals surface area contributed by atoms with Gasteiger partial charge < -0.3 is 25.0 Å². The molecule has 1 saturated heterocycles. The van der Waals surface area contributed by atoms with Crippen LogP contribution in [0.5, 0.6) is 11.5 Å². The molecule has 2 rings (SSSR count). The maximum Gasteiger partial charge on any atom is 0.195 e. The predicted octanol–water partition coefficient (Wildman–Crippen LogP) is 3.20. The van der Waals surface area contributed by atoms with Gasteiger partial charge in [0.05, 0.1) is 13.7 Å². The van der Waals surface area contributed by atoms with Crippen molar-refractivity contribution in [2.75, 3.05) is 52.3 Å². The van der Waals surface area contributed by atoms with Crippen LogP contribution < -0.4 is 20.1 Å². The monoisotopic (exact) mass is 362 g/mol. The number of ether oxygens (including phenoxy) is 2. The molecule has 1 aromatic carbocycles. The third-order valence-corrected chi connectivity index (χ3v) is 4.72. The SMILES string of the molecule is CCNC(=NCCC1CCN(C)CC1)Nc1ccc(OCC)c(OC)c1. The van der Waals surface area contributed by atoms with E-state index in [1.807, 2.05) is 25.1 Å². The number of nitrogens with zero attached hydrogens (tertiary/aromatic N) is 2. The number of guanidine groups is 1. The molecule has 0 aliphatic carbocycles. The number of likely N-dealkylation sites (tertiary alicyclic amines) is 1. The highest BCUT2D eigenvalue weighted by molar-refractivity contribution is 5.93. The van der Waals surface area contributed by atoms with Gasteiger partial charge in [-0.2, -0.15) is 0 Å². The second kappa shape index (κ2) is 10.9. The van der Waals surface area contributed by atoms with Gasteiger partial charge in [-0.05, 0) is 71.3 Å². The zero-order valence-corrected chi connectivity index (χ0v) is 16.7. The van der Waals surface area contributed by atoms with Crippen molar-refractivity contribution in [1.82, 2.24) is 10.2 Å². The molecule has 1 aliphatic heterocycles. The summed E-state index contributed by atoms with van der Waals surface area (Å²) in [5, 5.41) is 6.68. The highest BCUT2D eigenvalue weighted by Gasteiger charge is 2.16. The van der Waals surface area contributed by atoms with Gasteiger partial charge in [-0.3, -0.25) is 4.99 Å². The number of anilines is 1. The minimum absolute atomic E-state index is 0.615. The Morgan fingerprint density at radius 2 is 2.00 bits per heavy atom. The van der Waals surface area contributed by atoms with Crippen LogP contribution >= 0.6 is 0 Å². The molecule has 146 valence electrons. The molecule has 0 amide bonds. The van der Waals surface area contributed by atoms with E-state index in [1.165, 1.54) is 25.9 Å². The van der Waals surface area contributed by atoms with Crippen LogP contribution in [0.2, 0.25) is 0 Å². The third-order valence-electron chi connectivity index (χ3n) is 4.72. The first-order valence-electron chi connectivity index (χ1n) is 9.71. The van der Waals surface area contributed by atoms with Crippen LogP contribution in [0.1, 0.15) is 33.1 Å². The molecule has 1 heterocycles. The summed E-state index contributed by atoms with van der Waals surface area (Å²) >= 11 is 0. The lowest BCUT2D eigenvalue weighted by Crippen LogP contribution is -2.32.